The number of aryl methyl sites for hydroxylation is 1. The average Bonchev–Trinajstić information content (AvgIpc) is 3.22. The summed E-state index contributed by atoms with van der Waals surface area (Å²) in [5.41, 5.74) is 4.32. The van der Waals surface area contributed by atoms with Crippen LogP contribution >= 0.6 is 11.8 Å². The second-order valence-electron chi connectivity index (χ2n) is 7.93. The summed E-state index contributed by atoms with van der Waals surface area (Å²) in [5, 5.41) is 28.4. The van der Waals surface area contributed by atoms with Gasteiger partial charge in [-0.1, -0.05) is 23.8 Å². The van der Waals surface area contributed by atoms with Gasteiger partial charge in [-0.05, 0) is 57.4 Å². The molecule has 0 aliphatic rings. The molecule has 8 nitrogen and oxygen atoms in total. The Labute approximate surface area is 213 Å². The van der Waals surface area contributed by atoms with E-state index in [0.29, 0.717) is 44.8 Å². The summed E-state index contributed by atoms with van der Waals surface area (Å²) in [5.74, 6) is 1.73. The third kappa shape index (κ3) is 5.07. The number of thioether (sulfide) groups is 1. The summed E-state index contributed by atoms with van der Waals surface area (Å²) in [4.78, 5) is 8.59. The topological polar surface area (TPSA) is 112 Å². The van der Waals surface area contributed by atoms with Crippen LogP contribution in [0.25, 0.3) is 16.9 Å². The van der Waals surface area contributed by atoms with E-state index in [-0.39, 0.29) is 0 Å². The van der Waals surface area contributed by atoms with Crippen molar-refractivity contribution < 1.29 is 4.74 Å². The van der Waals surface area contributed by atoms with Crippen molar-refractivity contribution in [1.82, 2.24) is 19.6 Å². The Morgan fingerprint density at radius 1 is 1.08 bits per heavy atom. The summed E-state index contributed by atoms with van der Waals surface area (Å²) in [6.07, 6.45) is 8.84. The number of hydrogen-bond donors (Lipinski definition) is 1. The van der Waals surface area contributed by atoms with Crippen molar-refractivity contribution in [3.63, 3.8) is 0 Å². The Balaban J connectivity index is 1.77. The fourth-order valence-electron chi connectivity index (χ4n) is 3.62. The third-order valence-corrected chi connectivity index (χ3v) is 5.93. The maximum atomic E-state index is 9.98. The van der Waals surface area contributed by atoms with Gasteiger partial charge in [-0.2, -0.15) is 10.5 Å². The van der Waals surface area contributed by atoms with Gasteiger partial charge in [0.05, 0.1) is 5.69 Å². The molecule has 0 atom stereocenters. The quantitative estimate of drug-likeness (QED) is 0.147. The van der Waals surface area contributed by atoms with Crippen molar-refractivity contribution in [3.05, 3.63) is 89.1 Å². The molecule has 0 spiro atoms. The number of allylic oxidation sites excluding steroid dienone is 4. The first-order valence-electron chi connectivity index (χ1n) is 11.0. The summed E-state index contributed by atoms with van der Waals surface area (Å²) < 4.78 is 7.35. The van der Waals surface area contributed by atoms with Gasteiger partial charge in [0.1, 0.15) is 39.8 Å². The van der Waals surface area contributed by atoms with E-state index in [1.165, 1.54) is 11.8 Å². The number of nitrogens with zero attached hydrogens (tertiary/aromatic N) is 6. The van der Waals surface area contributed by atoms with Gasteiger partial charge in [0.2, 0.25) is 0 Å². The molecule has 3 aromatic heterocycles. The van der Waals surface area contributed by atoms with Gasteiger partial charge in [0, 0.05) is 23.7 Å². The molecule has 1 N–H and O–H groups in total. The largest absolute Gasteiger partial charge is 0.462 e. The molecule has 4 aromatic rings. The number of fused-ring (bicyclic) bond motifs is 1. The van der Waals surface area contributed by atoms with Crippen molar-refractivity contribution >= 4 is 23.2 Å². The molecule has 178 valence electrons. The Morgan fingerprint density at radius 2 is 1.83 bits per heavy atom. The van der Waals surface area contributed by atoms with E-state index in [1.54, 1.807) is 29.0 Å². The normalized spacial score (nSPS) is 11.7. The minimum Gasteiger partial charge on any atom is -0.462 e. The Morgan fingerprint density at radius 3 is 2.50 bits per heavy atom. The van der Waals surface area contributed by atoms with Gasteiger partial charge >= 0.3 is 0 Å². The number of hydrogen-bond acceptors (Lipinski definition) is 8. The fourth-order valence-corrected chi connectivity index (χ4v) is 4.15. The highest BCUT2D eigenvalue weighted by atomic mass is 32.2. The van der Waals surface area contributed by atoms with Gasteiger partial charge in [-0.15, -0.1) is 16.9 Å². The van der Waals surface area contributed by atoms with Crippen molar-refractivity contribution in [2.45, 2.75) is 25.8 Å². The van der Waals surface area contributed by atoms with Crippen molar-refractivity contribution in [2.24, 2.45) is 0 Å². The molecule has 0 saturated carbocycles. The molecule has 9 heteroatoms. The van der Waals surface area contributed by atoms with Crippen LogP contribution in [0.15, 0.2) is 77.4 Å². The number of nitrogens with one attached hydrogen (secondary N) is 1. The lowest BCUT2D eigenvalue weighted by molar-refractivity contribution is 0.427. The summed E-state index contributed by atoms with van der Waals surface area (Å²) in [7, 11) is 0. The van der Waals surface area contributed by atoms with E-state index in [9.17, 15) is 10.5 Å². The second kappa shape index (κ2) is 10.8. The zero-order valence-corrected chi connectivity index (χ0v) is 21.1. The molecule has 0 bridgehead atoms. The van der Waals surface area contributed by atoms with E-state index >= 15 is 0 Å². The first kappa shape index (κ1) is 24.5. The van der Waals surface area contributed by atoms with Crippen LogP contribution in [-0.2, 0) is 0 Å². The van der Waals surface area contributed by atoms with Crippen molar-refractivity contribution in [1.29, 1.82) is 10.5 Å². The van der Waals surface area contributed by atoms with Crippen LogP contribution in [-0.4, -0.2) is 25.8 Å². The maximum Gasteiger partial charge on any atom is 0.177 e. The molecule has 4 rings (SSSR count). The number of aromatic nitrogens is 4. The summed E-state index contributed by atoms with van der Waals surface area (Å²) in [6, 6.07) is 15.9. The van der Waals surface area contributed by atoms with Crippen LogP contribution in [0.5, 0.6) is 5.75 Å². The van der Waals surface area contributed by atoms with Gasteiger partial charge in [-0.3, -0.25) is 4.98 Å². The van der Waals surface area contributed by atoms with Gasteiger partial charge in [0.25, 0.3) is 0 Å². The van der Waals surface area contributed by atoms with E-state index in [2.05, 4.69) is 32.5 Å². The number of benzene rings is 1. The molecule has 1 aromatic carbocycles. The highest BCUT2D eigenvalue weighted by Gasteiger charge is 2.23. The van der Waals surface area contributed by atoms with Gasteiger partial charge in [-0.25, -0.2) is 9.50 Å². The van der Waals surface area contributed by atoms with E-state index < -0.39 is 0 Å². The molecule has 3 heterocycles. The molecular weight excluding hydrogens is 470 g/mol. The first-order valence-corrected chi connectivity index (χ1v) is 12.3. The average molecular weight is 494 g/mol. The minimum absolute atomic E-state index is 0.296. The lowest BCUT2D eigenvalue weighted by Crippen LogP contribution is -2.03. The highest BCUT2D eigenvalue weighted by Crippen LogP contribution is 2.33. The predicted molar refractivity (Wildman–Crippen MR) is 140 cm³/mol. The second-order valence-corrected chi connectivity index (χ2v) is 8.73. The number of rotatable bonds is 7. The van der Waals surface area contributed by atoms with Crippen LogP contribution in [0.1, 0.15) is 30.5 Å². The highest BCUT2D eigenvalue weighted by molar-refractivity contribution is 7.98. The van der Waals surface area contributed by atoms with Crippen molar-refractivity contribution in [2.75, 3.05) is 11.6 Å². The smallest absolute Gasteiger partial charge is 0.177 e. The Hall–Kier alpha value is -4.60. The van der Waals surface area contributed by atoms with E-state index in [0.717, 1.165) is 16.8 Å². The molecule has 0 fully saturated rings. The van der Waals surface area contributed by atoms with Crippen LogP contribution in [0.4, 0.5) is 5.82 Å². The zero-order valence-electron chi connectivity index (χ0n) is 20.3. The number of nitriles is 2. The SMILES string of the molecule is CSc1nc2c(C#N)c(N/C(C)=C/C=C(\C)Oc3ccncc3)nn2c(-c2cccc(C)c2)c1C#N. The number of pyridine rings is 1. The van der Waals surface area contributed by atoms with Crippen LogP contribution < -0.4 is 10.1 Å². The molecule has 0 aliphatic carbocycles. The molecule has 0 unspecified atom stereocenters. The monoisotopic (exact) mass is 493 g/mol. The van der Waals surface area contributed by atoms with E-state index in [4.69, 9.17) is 4.74 Å². The predicted octanol–water partition coefficient (Wildman–Crippen LogP) is 5.86. The molecular formula is C27H23N7OS. The minimum atomic E-state index is 0.296. The van der Waals surface area contributed by atoms with Gasteiger partial charge < -0.3 is 10.1 Å². The van der Waals surface area contributed by atoms with Crippen LogP contribution in [0.2, 0.25) is 0 Å². The van der Waals surface area contributed by atoms with Crippen LogP contribution in [0.3, 0.4) is 0 Å². The molecule has 0 radical (unpaired) electrons. The number of ether oxygens (including phenoxy) is 1. The molecule has 36 heavy (non-hydrogen) atoms. The fraction of sp³-hybridized carbons (Fsp3) is 0.148. The Kier molecular flexibility index (Phi) is 7.33. The number of anilines is 1. The Bertz CT molecular complexity index is 1570. The summed E-state index contributed by atoms with van der Waals surface area (Å²) in [6.45, 7) is 5.70. The van der Waals surface area contributed by atoms with E-state index in [1.807, 2.05) is 63.4 Å². The zero-order chi connectivity index (χ0) is 25.7. The molecule has 0 amide bonds. The molecule has 0 aliphatic heterocycles. The lowest BCUT2D eigenvalue weighted by atomic mass is 10.1. The van der Waals surface area contributed by atoms with Crippen LogP contribution in [0, 0.1) is 29.6 Å². The summed E-state index contributed by atoms with van der Waals surface area (Å²) >= 11 is 1.36. The maximum absolute atomic E-state index is 9.98. The lowest BCUT2D eigenvalue weighted by Gasteiger charge is -2.10. The first-order chi connectivity index (χ1) is 17.4. The standard InChI is InChI=1S/C27H23N7OS/c1-17-6-5-7-20(14-17)24-22(15-28)27(36-4)32-26-23(16-29)25(33-34(24)26)31-18(2)8-9-19(3)35-21-10-12-30-13-11-21/h5-14H,1-4H3,(H,31,33)/b18-8+,19-9+. The molecule has 0 saturated heterocycles. The van der Waals surface area contributed by atoms with Gasteiger partial charge in [0.15, 0.2) is 11.5 Å². The van der Waals surface area contributed by atoms with Crippen molar-refractivity contribution in [3.8, 4) is 29.1 Å². The third-order valence-electron chi connectivity index (χ3n) is 5.25.